The van der Waals surface area contributed by atoms with Gasteiger partial charge in [-0.25, -0.2) is 0 Å². The van der Waals surface area contributed by atoms with Crippen LogP contribution in [-0.2, 0) is 0 Å². The summed E-state index contributed by atoms with van der Waals surface area (Å²) in [5, 5.41) is 0. The first-order valence-corrected chi connectivity index (χ1v) is 12.7. The molecule has 0 radical (unpaired) electrons. The van der Waals surface area contributed by atoms with Gasteiger partial charge in [-0.1, -0.05) is 88.9 Å². The molecule has 0 unspecified atom stereocenters. The highest BCUT2D eigenvalue weighted by Crippen LogP contribution is 2.30. The molecule has 0 aromatic heterocycles. The molecule has 0 spiro atoms. The first kappa shape index (κ1) is 24.9. The fourth-order valence-electron chi connectivity index (χ4n) is 3.94. The largest absolute Gasteiger partial charge is 0.494 e. The van der Waals surface area contributed by atoms with E-state index in [1.165, 1.54) is 53.5 Å². The molecule has 0 saturated heterocycles. The molecule has 2 heteroatoms. The van der Waals surface area contributed by atoms with E-state index in [4.69, 9.17) is 9.47 Å². The molecule has 3 rings (SSSR count). The Labute approximate surface area is 201 Å². The van der Waals surface area contributed by atoms with Gasteiger partial charge in [-0.15, -0.1) is 0 Å². The first-order valence-electron chi connectivity index (χ1n) is 12.7. The summed E-state index contributed by atoms with van der Waals surface area (Å²) >= 11 is 0. The summed E-state index contributed by atoms with van der Waals surface area (Å²) in [6, 6.07) is 23.7. The van der Waals surface area contributed by atoms with Crippen LogP contribution in [0.4, 0.5) is 0 Å². The number of ether oxygens (including phenoxy) is 2. The minimum Gasteiger partial charge on any atom is -0.494 e. The lowest BCUT2D eigenvalue weighted by Crippen LogP contribution is -2.03. The Morgan fingerprint density at radius 1 is 0.667 bits per heavy atom. The molecule has 0 saturated carbocycles. The van der Waals surface area contributed by atoms with Gasteiger partial charge in [0.15, 0.2) is 0 Å². The van der Waals surface area contributed by atoms with Gasteiger partial charge >= 0.3 is 0 Å². The maximum Gasteiger partial charge on any atom is 0.119 e. The summed E-state index contributed by atoms with van der Waals surface area (Å²) in [6.45, 7) is 10.5. The van der Waals surface area contributed by atoms with E-state index in [2.05, 4.69) is 94.4 Å². The summed E-state index contributed by atoms with van der Waals surface area (Å²) in [5.41, 5.74) is 6.20. The summed E-state index contributed by atoms with van der Waals surface area (Å²) in [6.07, 6.45) is 7.22. The Hall–Kier alpha value is -2.74. The monoisotopic (exact) mass is 444 g/mol. The molecule has 3 aromatic carbocycles. The zero-order valence-corrected chi connectivity index (χ0v) is 20.9. The molecule has 2 nitrogen and oxygen atoms in total. The highest BCUT2D eigenvalue weighted by molar-refractivity contribution is 5.74. The van der Waals surface area contributed by atoms with E-state index in [1.807, 2.05) is 0 Å². The van der Waals surface area contributed by atoms with Crippen molar-refractivity contribution < 1.29 is 9.47 Å². The Balaban J connectivity index is 1.59. The number of aryl methyl sites for hydroxylation is 1. The molecule has 0 aliphatic heterocycles. The standard InChI is InChI=1S/C31H40O2/c1-5-7-8-9-21-32-29-17-12-27(13-18-29)31-19-14-28(23-25(31)4)26-10-15-30(16-11-26)33-22-20-24(3)6-2/h10-19,23-24H,5-9,20-22H2,1-4H3/t24-/m0/s1. The zero-order valence-electron chi connectivity index (χ0n) is 20.9. The molecule has 3 aromatic rings. The van der Waals surface area contributed by atoms with Crippen LogP contribution in [0.2, 0.25) is 0 Å². The molecule has 0 N–H and O–H groups in total. The van der Waals surface area contributed by atoms with E-state index in [-0.39, 0.29) is 0 Å². The third kappa shape index (κ3) is 7.67. The van der Waals surface area contributed by atoms with E-state index in [0.717, 1.165) is 37.6 Å². The third-order valence-corrected chi connectivity index (χ3v) is 6.42. The maximum absolute atomic E-state index is 5.91. The number of hydrogen-bond acceptors (Lipinski definition) is 2. The molecule has 0 aliphatic rings. The molecule has 0 heterocycles. The molecular weight excluding hydrogens is 404 g/mol. The van der Waals surface area contributed by atoms with Crippen LogP contribution in [0.15, 0.2) is 66.7 Å². The third-order valence-electron chi connectivity index (χ3n) is 6.42. The van der Waals surface area contributed by atoms with Crippen molar-refractivity contribution in [1.29, 1.82) is 0 Å². The van der Waals surface area contributed by atoms with Gasteiger partial charge in [0.2, 0.25) is 0 Å². The lowest BCUT2D eigenvalue weighted by atomic mass is 9.96. The van der Waals surface area contributed by atoms with Crippen LogP contribution in [0.3, 0.4) is 0 Å². The van der Waals surface area contributed by atoms with Crippen molar-refractivity contribution in [1.82, 2.24) is 0 Å². The van der Waals surface area contributed by atoms with Crippen molar-refractivity contribution in [3.63, 3.8) is 0 Å². The van der Waals surface area contributed by atoms with E-state index in [1.54, 1.807) is 0 Å². The summed E-state index contributed by atoms with van der Waals surface area (Å²) in [5.74, 6) is 2.61. The van der Waals surface area contributed by atoms with Crippen molar-refractivity contribution in [2.75, 3.05) is 13.2 Å². The molecule has 176 valence electrons. The lowest BCUT2D eigenvalue weighted by Gasteiger charge is -2.12. The van der Waals surface area contributed by atoms with Crippen molar-refractivity contribution >= 4 is 0 Å². The quantitative estimate of drug-likeness (QED) is 0.245. The van der Waals surface area contributed by atoms with Crippen LogP contribution in [0.1, 0.15) is 64.9 Å². The topological polar surface area (TPSA) is 18.5 Å². The molecule has 0 amide bonds. The van der Waals surface area contributed by atoms with Gasteiger partial charge < -0.3 is 9.47 Å². The minimum absolute atomic E-state index is 0.713. The van der Waals surface area contributed by atoms with E-state index < -0.39 is 0 Å². The maximum atomic E-state index is 5.91. The van der Waals surface area contributed by atoms with Gasteiger partial charge in [-0.05, 0) is 77.8 Å². The Kier molecular flexibility index (Phi) is 9.87. The average molecular weight is 445 g/mol. The second-order valence-corrected chi connectivity index (χ2v) is 9.14. The number of hydrogen-bond donors (Lipinski definition) is 0. The number of unbranched alkanes of at least 4 members (excludes halogenated alkanes) is 3. The van der Waals surface area contributed by atoms with Crippen molar-refractivity contribution in [3.8, 4) is 33.8 Å². The van der Waals surface area contributed by atoms with E-state index in [9.17, 15) is 0 Å². The van der Waals surface area contributed by atoms with Crippen molar-refractivity contribution in [2.24, 2.45) is 5.92 Å². The second-order valence-electron chi connectivity index (χ2n) is 9.14. The van der Waals surface area contributed by atoms with Crippen LogP contribution in [-0.4, -0.2) is 13.2 Å². The van der Waals surface area contributed by atoms with E-state index in [0.29, 0.717) is 5.92 Å². The Bertz CT molecular complexity index is 957. The predicted octanol–water partition coefficient (Wildman–Crippen LogP) is 9.10. The van der Waals surface area contributed by atoms with E-state index >= 15 is 0 Å². The van der Waals surface area contributed by atoms with Crippen LogP contribution in [0.25, 0.3) is 22.3 Å². The highest BCUT2D eigenvalue weighted by atomic mass is 16.5. The summed E-state index contributed by atoms with van der Waals surface area (Å²) in [4.78, 5) is 0. The molecule has 1 atom stereocenters. The molecule has 33 heavy (non-hydrogen) atoms. The van der Waals surface area contributed by atoms with Gasteiger partial charge in [0, 0.05) is 0 Å². The van der Waals surface area contributed by atoms with Crippen LogP contribution in [0.5, 0.6) is 11.5 Å². The lowest BCUT2D eigenvalue weighted by molar-refractivity contribution is 0.282. The zero-order chi connectivity index (χ0) is 23.5. The Morgan fingerprint density at radius 3 is 1.88 bits per heavy atom. The first-order chi connectivity index (χ1) is 16.1. The van der Waals surface area contributed by atoms with Gasteiger partial charge in [0.05, 0.1) is 13.2 Å². The van der Waals surface area contributed by atoms with Gasteiger partial charge in [-0.2, -0.15) is 0 Å². The molecule has 0 bridgehead atoms. The molecule has 0 aliphatic carbocycles. The highest BCUT2D eigenvalue weighted by Gasteiger charge is 2.06. The fourth-order valence-corrected chi connectivity index (χ4v) is 3.94. The van der Waals surface area contributed by atoms with Crippen molar-refractivity contribution in [3.05, 3.63) is 72.3 Å². The number of benzene rings is 3. The van der Waals surface area contributed by atoms with Crippen LogP contribution in [0, 0.1) is 12.8 Å². The molecular formula is C31H40O2. The summed E-state index contributed by atoms with van der Waals surface area (Å²) in [7, 11) is 0. The normalized spacial score (nSPS) is 11.9. The van der Waals surface area contributed by atoms with Gasteiger partial charge in [0.1, 0.15) is 11.5 Å². The molecule has 0 fully saturated rings. The fraction of sp³-hybridized carbons (Fsp3) is 0.419. The minimum atomic E-state index is 0.713. The van der Waals surface area contributed by atoms with Gasteiger partial charge in [0.25, 0.3) is 0 Å². The van der Waals surface area contributed by atoms with Crippen molar-refractivity contribution in [2.45, 2.75) is 66.2 Å². The van der Waals surface area contributed by atoms with Crippen LogP contribution >= 0.6 is 0 Å². The van der Waals surface area contributed by atoms with Crippen LogP contribution < -0.4 is 9.47 Å². The smallest absolute Gasteiger partial charge is 0.119 e. The number of rotatable bonds is 13. The summed E-state index contributed by atoms with van der Waals surface area (Å²) < 4.78 is 11.8. The second kappa shape index (κ2) is 13.1. The van der Waals surface area contributed by atoms with Gasteiger partial charge in [-0.3, -0.25) is 0 Å². The average Bonchev–Trinajstić information content (AvgIpc) is 2.84. The predicted molar refractivity (Wildman–Crippen MR) is 141 cm³/mol. The Morgan fingerprint density at radius 2 is 1.27 bits per heavy atom. The SMILES string of the molecule is CCCCCCOc1ccc(-c2ccc(-c3ccc(OCC[C@@H](C)CC)cc3)cc2C)cc1.